The van der Waals surface area contributed by atoms with Crippen LogP contribution in [-0.4, -0.2) is 27.6 Å². The first-order chi connectivity index (χ1) is 12.2. The van der Waals surface area contributed by atoms with E-state index >= 15 is 0 Å². The molecule has 124 valence electrons. The lowest BCUT2D eigenvalue weighted by Gasteiger charge is -2.06. The van der Waals surface area contributed by atoms with Crippen LogP contribution in [0.15, 0.2) is 60.9 Å². The maximum Gasteiger partial charge on any atom is 0.491 e. The van der Waals surface area contributed by atoms with Crippen molar-refractivity contribution in [2.24, 2.45) is 0 Å². The lowest BCUT2D eigenvalue weighted by molar-refractivity contribution is 0.103. The van der Waals surface area contributed by atoms with Gasteiger partial charge in [-0.05, 0) is 34.8 Å². The van der Waals surface area contributed by atoms with Crippen molar-refractivity contribution >= 4 is 18.4 Å². The van der Waals surface area contributed by atoms with E-state index in [4.69, 9.17) is 9.76 Å². The maximum atomic E-state index is 12.6. The van der Waals surface area contributed by atoms with Gasteiger partial charge in [0.2, 0.25) is 0 Å². The highest BCUT2D eigenvalue weighted by atomic mass is 16.5. The first kappa shape index (κ1) is 15.8. The van der Waals surface area contributed by atoms with Gasteiger partial charge in [-0.25, -0.2) is 0 Å². The van der Waals surface area contributed by atoms with Crippen molar-refractivity contribution in [3.8, 4) is 5.69 Å². The first-order valence-corrected chi connectivity index (χ1v) is 8.01. The minimum atomic E-state index is -0.892. The van der Waals surface area contributed by atoms with Gasteiger partial charge in [-0.1, -0.05) is 30.3 Å². The number of aromatic nitrogens is 1. The van der Waals surface area contributed by atoms with Crippen LogP contribution in [0.1, 0.15) is 27.0 Å². The van der Waals surface area contributed by atoms with E-state index < -0.39 is 7.12 Å². The number of hydrogen-bond donors (Lipinski definition) is 2. The molecule has 0 atom stereocenters. The molecule has 2 N–H and O–H groups in total. The molecule has 5 nitrogen and oxygen atoms in total. The average Bonchev–Trinajstić information content (AvgIpc) is 3.28. The molecule has 0 amide bonds. The fourth-order valence-corrected chi connectivity index (χ4v) is 2.98. The Morgan fingerprint density at radius 3 is 2.68 bits per heavy atom. The van der Waals surface area contributed by atoms with Crippen LogP contribution in [0.4, 0.5) is 0 Å². The highest BCUT2D eigenvalue weighted by molar-refractivity contribution is 6.61. The van der Waals surface area contributed by atoms with Crippen molar-refractivity contribution in [1.82, 2.24) is 4.57 Å². The van der Waals surface area contributed by atoms with Crippen LogP contribution in [0, 0.1) is 0 Å². The van der Waals surface area contributed by atoms with Crippen LogP contribution in [-0.2, 0) is 17.9 Å². The number of nitrogens with zero attached hydrogens (tertiary/aromatic N) is 1. The van der Waals surface area contributed by atoms with E-state index in [2.05, 4.69) is 0 Å². The highest BCUT2D eigenvalue weighted by Crippen LogP contribution is 2.17. The third-order valence-electron chi connectivity index (χ3n) is 4.44. The van der Waals surface area contributed by atoms with Crippen LogP contribution < -0.4 is 5.46 Å². The van der Waals surface area contributed by atoms with Crippen LogP contribution in [0.2, 0.25) is 0 Å². The predicted molar refractivity (Wildman–Crippen MR) is 94.0 cm³/mol. The average molecular weight is 333 g/mol. The monoisotopic (exact) mass is 333 g/mol. The van der Waals surface area contributed by atoms with Gasteiger partial charge in [0.15, 0.2) is 5.78 Å². The topological polar surface area (TPSA) is 71.7 Å². The van der Waals surface area contributed by atoms with Gasteiger partial charge in [0.25, 0.3) is 0 Å². The summed E-state index contributed by atoms with van der Waals surface area (Å²) in [6.45, 7) is 0.370. The summed E-state index contributed by atoms with van der Waals surface area (Å²) in [6, 6.07) is 14.4. The van der Waals surface area contributed by atoms with E-state index in [-0.39, 0.29) is 12.4 Å². The Morgan fingerprint density at radius 1 is 1.12 bits per heavy atom. The van der Waals surface area contributed by atoms with Gasteiger partial charge in [0, 0.05) is 29.2 Å². The Morgan fingerprint density at radius 2 is 1.92 bits per heavy atom. The molecule has 4 rings (SSSR count). The van der Waals surface area contributed by atoms with Crippen LogP contribution in [0.5, 0.6) is 0 Å². The third-order valence-corrected chi connectivity index (χ3v) is 4.44. The molecule has 6 heteroatoms. The van der Waals surface area contributed by atoms with Gasteiger partial charge in [-0.3, -0.25) is 4.79 Å². The molecule has 1 aliphatic heterocycles. The fraction of sp³-hybridized carbons (Fsp3) is 0.105. The van der Waals surface area contributed by atoms with Crippen LogP contribution >= 0.6 is 0 Å². The number of benzene rings is 2. The van der Waals surface area contributed by atoms with Crippen LogP contribution in [0.25, 0.3) is 5.69 Å². The summed E-state index contributed by atoms with van der Waals surface area (Å²) in [5.41, 5.74) is 4.52. The molecule has 2 heterocycles. The molecule has 3 aromatic rings. The standard InChI is InChI=1S/C19H16BNO4/c22-11-13-1-3-14(4-2-13)19(23)15-7-8-21(10-15)17-6-5-16-12-25-20(24)18(16)9-17/h1-10,22,24H,11-12H2. The molecule has 1 aromatic heterocycles. The molecule has 0 spiro atoms. The zero-order valence-corrected chi connectivity index (χ0v) is 13.4. The summed E-state index contributed by atoms with van der Waals surface area (Å²) in [7, 11) is -0.892. The van der Waals surface area contributed by atoms with Gasteiger partial charge in [-0.2, -0.15) is 0 Å². The van der Waals surface area contributed by atoms with Gasteiger partial charge < -0.3 is 19.4 Å². The molecule has 1 aliphatic rings. The maximum absolute atomic E-state index is 12.6. The first-order valence-electron chi connectivity index (χ1n) is 8.01. The minimum absolute atomic E-state index is 0.0429. The molecular weight excluding hydrogens is 317 g/mol. The number of aliphatic hydroxyl groups excluding tert-OH is 1. The smallest absolute Gasteiger partial charge is 0.423 e. The van der Waals surface area contributed by atoms with Gasteiger partial charge in [0.05, 0.1) is 13.2 Å². The number of carbonyl (C=O) groups excluding carboxylic acids is 1. The summed E-state index contributed by atoms with van der Waals surface area (Å²) >= 11 is 0. The second-order valence-corrected chi connectivity index (χ2v) is 6.04. The number of ketones is 1. The number of hydrogen-bond acceptors (Lipinski definition) is 4. The SMILES string of the molecule is O=C(c1ccc(CO)cc1)c1ccn(-c2ccc3c(c2)B(O)OC3)c1. The molecule has 25 heavy (non-hydrogen) atoms. The largest absolute Gasteiger partial charge is 0.491 e. The second-order valence-electron chi connectivity index (χ2n) is 6.04. The molecule has 0 fully saturated rings. The van der Waals surface area contributed by atoms with E-state index in [1.165, 1.54) is 0 Å². The summed E-state index contributed by atoms with van der Waals surface area (Å²) < 4.78 is 7.06. The summed E-state index contributed by atoms with van der Waals surface area (Å²) in [5.74, 6) is -0.0761. The van der Waals surface area contributed by atoms with E-state index in [0.717, 1.165) is 22.3 Å². The van der Waals surface area contributed by atoms with Gasteiger partial charge in [-0.15, -0.1) is 0 Å². The zero-order chi connectivity index (χ0) is 17.4. The fourth-order valence-electron chi connectivity index (χ4n) is 2.98. The predicted octanol–water partition coefficient (Wildman–Crippen LogP) is 1.42. The van der Waals surface area contributed by atoms with Crippen molar-refractivity contribution in [2.45, 2.75) is 13.2 Å². The summed E-state index contributed by atoms with van der Waals surface area (Å²) in [6.07, 6.45) is 3.59. The number of carbonyl (C=O) groups is 1. The second kappa shape index (κ2) is 6.33. The normalized spacial score (nSPS) is 13.1. The minimum Gasteiger partial charge on any atom is -0.423 e. The molecule has 0 bridgehead atoms. The Labute approximate surface area is 145 Å². The summed E-state index contributed by atoms with van der Waals surface area (Å²) in [4.78, 5) is 12.6. The van der Waals surface area contributed by atoms with E-state index in [1.807, 2.05) is 29.0 Å². The Kier molecular flexibility index (Phi) is 4.01. The molecule has 0 aliphatic carbocycles. The number of fused-ring (bicyclic) bond motifs is 1. The Hall–Kier alpha value is -2.67. The molecule has 0 saturated heterocycles. The quantitative estimate of drug-likeness (QED) is 0.560. The zero-order valence-electron chi connectivity index (χ0n) is 13.4. The third kappa shape index (κ3) is 2.91. The van der Waals surface area contributed by atoms with Crippen LogP contribution in [0.3, 0.4) is 0 Å². The van der Waals surface area contributed by atoms with Crippen molar-refractivity contribution in [3.05, 3.63) is 83.2 Å². The number of rotatable bonds is 4. The molecule has 0 unspecified atom stereocenters. The van der Waals surface area contributed by atoms with E-state index in [0.29, 0.717) is 17.7 Å². The highest BCUT2D eigenvalue weighted by Gasteiger charge is 2.27. The van der Waals surface area contributed by atoms with Crippen molar-refractivity contribution < 1.29 is 19.6 Å². The van der Waals surface area contributed by atoms with Crippen molar-refractivity contribution in [1.29, 1.82) is 0 Å². The van der Waals surface area contributed by atoms with E-state index in [9.17, 15) is 9.82 Å². The molecule has 0 saturated carbocycles. The lowest BCUT2D eigenvalue weighted by Crippen LogP contribution is -2.28. The van der Waals surface area contributed by atoms with Gasteiger partial charge in [0.1, 0.15) is 0 Å². The van der Waals surface area contributed by atoms with Crippen molar-refractivity contribution in [2.75, 3.05) is 0 Å². The molecular formula is C19H16BNO4. The Bertz CT molecular complexity index is 933. The summed E-state index contributed by atoms with van der Waals surface area (Å²) in [5, 5.41) is 18.9. The molecule has 2 aromatic carbocycles. The Balaban J connectivity index is 1.61. The molecule has 0 radical (unpaired) electrons. The lowest BCUT2D eigenvalue weighted by atomic mass is 9.79. The van der Waals surface area contributed by atoms with E-state index in [1.54, 1.807) is 36.5 Å². The van der Waals surface area contributed by atoms with Gasteiger partial charge >= 0.3 is 7.12 Å². The van der Waals surface area contributed by atoms with Crippen molar-refractivity contribution in [3.63, 3.8) is 0 Å². The number of aliphatic hydroxyl groups is 1.